The molecule has 3 nitrogen and oxygen atoms in total. The van der Waals surface area contributed by atoms with E-state index in [4.69, 9.17) is 14.6 Å². The maximum Gasteiger partial charge on any atom is 0.0788 e. The molecule has 1 N–H and O–H groups in total. The van der Waals surface area contributed by atoms with E-state index < -0.39 is 0 Å². The van der Waals surface area contributed by atoms with Gasteiger partial charge in [0.25, 0.3) is 0 Å². The molecule has 0 aliphatic heterocycles. The lowest BCUT2D eigenvalue weighted by Crippen LogP contribution is -2.40. The molecule has 0 aromatic carbocycles. The number of aliphatic hydroxyl groups is 1. The van der Waals surface area contributed by atoms with Gasteiger partial charge in [0.2, 0.25) is 0 Å². The summed E-state index contributed by atoms with van der Waals surface area (Å²) in [5.41, 5.74) is -0.102. The molecule has 0 aliphatic rings. The lowest BCUT2D eigenvalue weighted by molar-refractivity contribution is -0.139. The zero-order valence-corrected chi connectivity index (χ0v) is 13.9. The van der Waals surface area contributed by atoms with Crippen molar-refractivity contribution in [1.29, 1.82) is 0 Å². The van der Waals surface area contributed by atoms with Crippen LogP contribution >= 0.6 is 0 Å². The number of hydrogen-bond donors (Lipinski definition) is 1. The first kappa shape index (κ1) is 18.9. The maximum atomic E-state index is 8.95. The lowest BCUT2D eigenvalue weighted by Gasteiger charge is -2.37. The first-order valence-corrected chi connectivity index (χ1v) is 7.61. The zero-order chi connectivity index (χ0) is 15.1. The summed E-state index contributed by atoms with van der Waals surface area (Å²) in [4.78, 5) is 0. The monoisotopic (exact) mass is 274 g/mol. The minimum Gasteiger partial charge on any atom is -0.394 e. The van der Waals surface area contributed by atoms with Gasteiger partial charge in [0.1, 0.15) is 0 Å². The van der Waals surface area contributed by atoms with Crippen LogP contribution in [-0.2, 0) is 9.47 Å². The van der Waals surface area contributed by atoms with Gasteiger partial charge in [-0.2, -0.15) is 0 Å². The molecule has 0 bridgehead atoms. The Bertz CT molecular complexity index is 228. The molecule has 0 aliphatic carbocycles. The first-order chi connectivity index (χ1) is 8.71. The topological polar surface area (TPSA) is 38.7 Å². The summed E-state index contributed by atoms with van der Waals surface area (Å²) < 4.78 is 11.8. The molecule has 19 heavy (non-hydrogen) atoms. The fourth-order valence-corrected chi connectivity index (χ4v) is 1.91. The van der Waals surface area contributed by atoms with Crippen molar-refractivity contribution in [2.45, 2.75) is 79.1 Å². The molecule has 0 fully saturated rings. The van der Waals surface area contributed by atoms with Crippen LogP contribution in [0.2, 0.25) is 0 Å². The number of ether oxygens (including phenoxy) is 2. The highest BCUT2D eigenvalue weighted by Gasteiger charge is 2.31. The normalized spacial score (nSPS) is 18.6. The van der Waals surface area contributed by atoms with E-state index in [1.807, 2.05) is 13.8 Å². The standard InChI is InChI=1S/C16H34O3/c1-12(2)8-9-16(7,13(3)4)19-15(6)11-18-14(5)10-17/h12-15,17H,8-11H2,1-7H3. The highest BCUT2D eigenvalue weighted by atomic mass is 16.6. The average molecular weight is 274 g/mol. The third-order valence-electron chi connectivity index (χ3n) is 3.78. The summed E-state index contributed by atoms with van der Waals surface area (Å²) in [5.74, 6) is 1.17. The second kappa shape index (κ2) is 8.93. The van der Waals surface area contributed by atoms with Crippen molar-refractivity contribution in [3.63, 3.8) is 0 Å². The summed E-state index contributed by atoms with van der Waals surface area (Å²) >= 11 is 0. The number of aliphatic hydroxyl groups excluding tert-OH is 1. The minimum atomic E-state index is -0.118. The van der Waals surface area contributed by atoms with Crippen LogP contribution in [0.4, 0.5) is 0 Å². The van der Waals surface area contributed by atoms with Crippen molar-refractivity contribution in [3.05, 3.63) is 0 Å². The van der Waals surface area contributed by atoms with Crippen LogP contribution in [-0.4, -0.2) is 36.1 Å². The van der Waals surface area contributed by atoms with Crippen molar-refractivity contribution in [2.24, 2.45) is 11.8 Å². The van der Waals surface area contributed by atoms with Crippen molar-refractivity contribution < 1.29 is 14.6 Å². The molecule has 0 saturated heterocycles. The predicted molar refractivity (Wildman–Crippen MR) is 80.4 cm³/mol. The first-order valence-electron chi connectivity index (χ1n) is 7.61. The highest BCUT2D eigenvalue weighted by Crippen LogP contribution is 2.30. The Morgan fingerprint density at radius 1 is 1.00 bits per heavy atom. The van der Waals surface area contributed by atoms with Crippen molar-refractivity contribution in [3.8, 4) is 0 Å². The van der Waals surface area contributed by atoms with Gasteiger partial charge in [-0.1, -0.05) is 27.7 Å². The smallest absolute Gasteiger partial charge is 0.0788 e. The lowest BCUT2D eigenvalue weighted by atomic mass is 9.85. The van der Waals surface area contributed by atoms with Gasteiger partial charge >= 0.3 is 0 Å². The van der Waals surface area contributed by atoms with Gasteiger partial charge in [-0.15, -0.1) is 0 Å². The largest absolute Gasteiger partial charge is 0.394 e. The molecule has 3 atom stereocenters. The van der Waals surface area contributed by atoms with Gasteiger partial charge in [-0.05, 0) is 45.4 Å². The molecule has 0 heterocycles. The Kier molecular flexibility index (Phi) is 8.88. The van der Waals surface area contributed by atoms with E-state index in [0.717, 1.165) is 6.42 Å². The van der Waals surface area contributed by atoms with Crippen LogP contribution in [0.5, 0.6) is 0 Å². The zero-order valence-electron chi connectivity index (χ0n) is 13.9. The molecular weight excluding hydrogens is 240 g/mol. The van der Waals surface area contributed by atoms with Crippen molar-refractivity contribution in [1.82, 2.24) is 0 Å². The minimum absolute atomic E-state index is 0.0496. The summed E-state index contributed by atoms with van der Waals surface area (Å²) in [6.07, 6.45) is 2.18. The van der Waals surface area contributed by atoms with Crippen molar-refractivity contribution >= 4 is 0 Å². The van der Waals surface area contributed by atoms with E-state index in [-0.39, 0.29) is 24.4 Å². The molecule has 0 aromatic rings. The maximum absolute atomic E-state index is 8.95. The van der Waals surface area contributed by atoms with E-state index in [1.165, 1.54) is 6.42 Å². The predicted octanol–water partition coefficient (Wildman–Crippen LogP) is 3.64. The third kappa shape index (κ3) is 7.91. The molecule has 116 valence electrons. The van der Waals surface area contributed by atoms with E-state index in [0.29, 0.717) is 18.4 Å². The Balaban J connectivity index is 4.31. The Morgan fingerprint density at radius 2 is 1.58 bits per heavy atom. The molecule has 3 unspecified atom stereocenters. The van der Waals surface area contributed by atoms with Crippen LogP contribution in [0.15, 0.2) is 0 Å². The summed E-state index contributed by atoms with van der Waals surface area (Å²) in [6.45, 7) is 15.6. The summed E-state index contributed by atoms with van der Waals surface area (Å²) in [7, 11) is 0. The second-order valence-electron chi connectivity index (χ2n) is 6.65. The molecule has 0 amide bonds. The average Bonchev–Trinajstić information content (AvgIpc) is 2.33. The van der Waals surface area contributed by atoms with Gasteiger partial charge in [-0.25, -0.2) is 0 Å². The quantitative estimate of drug-likeness (QED) is 0.661. The van der Waals surface area contributed by atoms with E-state index in [1.54, 1.807) is 0 Å². The van der Waals surface area contributed by atoms with Crippen LogP contribution < -0.4 is 0 Å². The van der Waals surface area contributed by atoms with E-state index >= 15 is 0 Å². The molecule has 0 rings (SSSR count). The Hall–Kier alpha value is -0.120. The summed E-state index contributed by atoms with van der Waals surface area (Å²) in [5, 5.41) is 8.95. The van der Waals surface area contributed by atoms with E-state index in [9.17, 15) is 0 Å². The molecule has 0 aromatic heterocycles. The Labute approximate surface area is 119 Å². The fraction of sp³-hybridized carbons (Fsp3) is 1.00. The van der Waals surface area contributed by atoms with E-state index in [2.05, 4.69) is 34.6 Å². The molecule has 3 heteroatoms. The number of hydrogen-bond acceptors (Lipinski definition) is 3. The van der Waals surface area contributed by atoms with Crippen LogP contribution in [0.3, 0.4) is 0 Å². The fourth-order valence-electron chi connectivity index (χ4n) is 1.91. The molecule has 0 spiro atoms. The summed E-state index contributed by atoms with van der Waals surface area (Å²) in [6, 6.07) is 0. The van der Waals surface area contributed by atoms with Crippen LogP contribution in [0.1, 0.15) is 61.3 Å². The van der Waals surface area contributed by atoms with Gasteiger partial charge in [0, 0.05) is 0 Å². The second-order valence-corrected chi connectivity index (χ2v) is 6.65. The van der Waals surface area contributed by atoms with Crippen LogP contribution in [0, 0.1) is 11.8 Å². The van der Waals surface area contributed by atoms with Crippen molar-refractivity contribution in [2.75, 3.05) is 13.2 Å². The highest BCUT2D eigenvalue weighted by molar-refractivity contribution is 4.80. The molecule has 0 saturated carbocycles. The van der Waals surface area contributed by atoms with Crippen LogP contribution in [0.25, 0.3) is 0 Å². The Morgan fingerprint density at radius 3 is 2.00 bits per heavy atom. The third-order valence-corrected chi connectivity index (χ3v) is 3.78. The molecular formula is C16H34O3. The van der Waals surface area contributed by atoms with Gasteiger partial charge in [0.15, 0.2) is 0 Å². The van der Waals surface area contributed by atoms with Gasteiger partial charge in [0.05, 0.1) is 31.0 Å². The number of rotatable bonds is 10. The van der Waals surface area contributed by atoms with Gasteiger partial charge in [-0.3, -0.25) is 0 Å². The van der Waals surface area contributed by atoms with Gasteiger partial charge < -0.3 is 14.6 Å². The SMILES string of the molecule is CC(C)CCC(C)(OC(C)COC(C)CO)C(C)C. The molecule has 0 radical (unpaired) electrons.